The number of fused-ring (bicyclic) bond motifs is 1. The minimum atomic E-state index is -0.199. The minimum Gasteiger partial charge on any atom is -0.484 e. The lowest BCUT2D eigenvalue weighted by Gasteiger charge is -2.22. The second-order valence-electron chi connectivity index (χ2n) is 7.21. The number of piperidine rings is 1. The number of hydrogen-bond acceptors (Lipinski definition) is 6. The number of nitrogens with zero attached hydrogens (tertiary/aromatic N) is 2. The molecule has 0 bridgehead atoms. The van der Waals surface area contributed by atoms with Crippen LogP contribution in [0.2, 0.25) is 5.02 Å². The molecule has 0 radical (unpaired) electrons. The van der Waals surface area contributed by atoms with Crippen molar-refractivity contribution in [3.8, 4) is 5.75 Å². The summed E-state index contributed by atoms with van der Waals surface area (Å²) in [5, 5.41) is 7.90. The summed E-state index contributed by atoms with van der Waals surface area (Å²) in [4.78, 5) is 24.4. The SMILES string of the molecule is O=c1[nH]c(COc2ccccc2Cl)nc2c(CNCC3CCNCC3)nccc12. The topological polar surface area (TPSA) is 91.9 Å². The zero-order valence-electron chi connectivity index (χ0n) is 16.1. The van der Waals surface area contributed by atoms with Gasteiger partial charge in [0.15, 0.2) is 0 Å². The van der Waals surface area contributed by atoms with Crippen molar-refractivity contribution < 1.29 is 4.74 Å². The standard InChI is InChI=1S/C21H24ClN5O2/c22-16-3-1-2-4-18(16)29-13-19-26-20-15(21(28)27-19)7-10-25-17(20)12-24-11-14-5-8-23-9-6-14/h1-4,7,10,14,23-24H,5-6,8-9,11-13H2,(H,26,27,28). The van der Waals surface area contributed by atoms with Gasteiger partial charge in [-0.1, -0.05) is 23.7 Å². The summed E-state index contributed by atoms with van der Waals surface area (Å²) in [5.41, 5.74) is 1.17. The van der Waals surface area contributed by atoms with E-state index in [4.69, 9.17) is 16.3 Å². The van der Waals surface area contributed by atoms with Crippen LogP contribution in [0.25, 0.3) is 10.9 Å². The van der Waals surface area contributed by atoms with Gasteiger partial charge in [0.1, 0.15) is 23.7 Å². The van der Waals surface area contributed by atoms with Crippen molar-refractivity contribution in [2.75, 3.05) is 19.6 Å². The third-order valence-corrected chi connectivity index (χ3v) is 5.45. The van der Waals surface area contributed by atoms with Crippen LogP contribution in [-0.2, 0) is 13.2 Å². The maximum atomic E-state index is 12.5. The molecule has 8 heteroatoms. The number of para-hydroxylation sites is 1. The summed E-state index contributed by atoms with van der Waals surface area (Å²) >= 11 is 6.12. The summed E-state index contributed by atoms with van der Waals surface area (Å²) < 4.78 is 5.72. The van der Waals surface area contributed by atoms with E-state index in [9.17, 15) is 4.79 Å². The molecule has 1 fully saturated rings. The van der Waals surface area contributed by atoms with Gasteiger partial charge in [-0.2, -0.15) is 0 Å². The molecule has 7 nitrogen and oxygen atoms in total. The van der Waals surface area contributed by atoms with Gasteiger partial charge < -0.3 is 20.4 Å². The first-order valence-electron chi connectivity index (χ1n) is 9.86. The summed E-state index contributed by atoms with van der Waals surface area (Å²) in [7, 11) is 0. The molecule has 152 valence electrons. The first-order chi connectivity index (χ1) is 14.2. The number of hydrogen-bond donors (Lipinski definition) is 3. The maximum Gasteiger partial charge on any atom is 0.258 e. The number of pyridine rings is 1. The number of H-pyrrole nitrogens is 1. The van der Waals surface area contributed by atoms with Crippen LogP contribution in [0.4, 0.5) is 0 Å². The molecule has 3 N–H and O–H groups in total. The molecule has 3 heterocycles. The summed E-state index contributed by atoms with van der Waals surface area (Å²) in [6, 6.07) is 8.90. The number of rotatable bonds is 7. The van der Waals surface area contributed by atoms with Gasteiger partial charge in [-0.05, 0) is 56.6 Å². The Hall–Kier alpha value is -2.48. The molecule has 1 aromatic carbocycles. The van der Waals surface area contributed by atoms with Crippen LogP contribution in [0.1, 0.15) is 24.4 Å². The van der Waals surface area contributed by atoms with E-state index in [0.29, 0.717) is 40.0 Å². The monoisotopic (exact) mass is 413 g/mol. The fourth-order valence-electron chi connectivity index (χ4n) is 3.55. The molecule has 0 atom stereocenters. The molecule has 1 aliphatic rings. The van der Waals surface area contributed by atoms with Crippen LogP contribution in [0.3, 0.4) is 0 Å². The van der Waals surface area contributed by atoms with Crippen LogP contribution < -0.4 is 20.9 Å². The zero-order valence-corrected chi connectivity index (χ0v) is 16.8. The van der Waals surface area contributed by atoms with Gasteiger partial charge in [-0.25, -0.2) is 4.98 Å². The highest BCUT2D eigenvalue weighted by atomic mass is 35.5. The number of aromatic amines is 1. The molecule has 0 amide bonds. The van der Waals surface area contributed by atoms with E-state index in [0.717, 1.165) is 25.3 Å². The van der Waals surface area contributed by atoms with Crippen molar-refractivity contribution in [1.82, 2.24) is 25.6 Å². The highest BCUT2D eigenvalue weighted by Crippen LogP contribution is 2.23. The molecular formula is C21H24ClN5O2. The molecule has 3 aromatic rings. The smallest absolute Gasteiger partial charge is 0.258 e. The van der Waals surface area contributed by atoms with Gasteiger partial charge in [0.2, 0.25) is 0 Å². The normalized spacial score (nSPS) is 14.9. The van der Waals surface area contributed by atoms with Gasteiger partial charge >= 0.3 is 0 Å². The summed E-state index contributed by atoms with van der Waals surface area (Å²) in [5.74, 6) is 1.66. The number of nitrogens with one attached hydrogen (secondary N) is 3. The highest BCUT2D eigenvalue weighted by Gasteiger charge is 2.14. The largest absolute Gasteiger partial charge is 0.484 e. The van der Waals surface area contributed by atoms with E-state index >= 15 is 0 Å². The molecule has 29 heavy (non-hydrogen) atoms. The molecule has 0 unspecified atom stereocenters. The van der Waals surface area contributed by atoms with Crippen molar-refractivity contribution in [1.29, 1.82) is 0 Å². The second-order valence-corrected chi connectivity index (χ2v) is 7.62. The number of benzene rings is 1. The van der Waals surface area contributed by atoms with Gasteiger partial charge in [0.05, 0.1) is 16.1 Å². The quantitative estimate of drug-likeness (QED) is 0.551. The van der Waals surface area contributed by atoms with Crippen molar-refractivity contribution in [2.24, 2.45) is 5.92 Å². The van der Waals surface area contributed by atoms with E-state index < -0.39 is 0 Å². The number of halogens is 1. The molecule has 1 aliphatic heterocycles. The maximum absolute atomic E-state index is 12.5. The molecule has 0 spiro atoms. The van der Waals surface area contributed by atoms with Crippen LogP contribution in [-0.4, -0.2) is 34.6 Å². The third kappa shape index (κ3) is 4.93. The Bertz CT molecular complexity index is 1030. The Morgan fingerprint density at radius 1 is 1.21 bits per heavy atom. The molecule has 0 aliphatic carbocycles. The molecule has 4 rings (SSSR count). The predicted molar refractivity (Wildman–Crippen MR) is 113 cm³/mol. The van der Waals surface area contributed by atoms with Crippen LogP contribution in [0, 0.1) is 5.92 Å². The number of ether oxygens (including phenoxy) is 1. The van der Waals surface area contributed by atoms with Gasteiger partial charge in [-0.3, -0.25) is 9.78 Å². The Kier molecular flexibility index (Phi) is 6.39. The predicted octanol–water partition coefficient (Wildman–Crippen LogP) is 2.64. The average Bonchev–Trinajstić information content (AvgIpc) is 2.74. The molecule has 2 aromatic heterocycles. The lowest BCUT2D eigenvalue weighted by atomic mass is 9.98. The Morgan fingerprint density at radius 2 is 2.03 bits per heavy atom. The van der Waals surface area contributed by atoms with E-state index in [-0.39, 0.29) is 12.2 Å². The fourth-order valence-corrected chi connectivity index (χ4v) is 3.74. The van der Waals surface area contributed by atoms with Crippen LogP contribution in [0.15, 0.2) is 41.3 Å². The van der Waals surface area contributed by atoms with E-state index in [1.54, 1.807) is 24.4 Å². The van der Waals surface area contributed by atoms with Crippen molar-refractivity contribution in [3.63, 3.8) is 0 Å². The molecular weight excluding hydrogens is 390 g/mol. The lowest BCUT2D eigenvalue weighted by molar-refractivity contribution is 0.296. The van der Waals surface area contributed by atoms with E-state index in [2.05, 4.69) is 25.6 Å². The van der Waals surface area contributed by atoms with Crippen molar-refractivity contribution in [2.45, 2.75) is 26.0 Å². The lowest BCUT2D eigenvalue weighted by Crippen LogP contribution is -2.33. The Morgan fingerprint density at radius 3 is 2.86 bits per heavy atom. The summed E-state index contributed by atoms with van der Waals surface area (Å²) in [6.07, 6.45) is 4.01. The van der Waals surface area contributed by atoms with Gasteiger partial charge in [0.25, 0.3) is 5.56 Å². The van der Waals surface area contributed by atoms with Crippen molar-refractivity contribution in [3.05, 3.63) is 63.4 Å². The Balaban J connectivity index is 1.49. The van der Waals surface area contributed by atoms with Gasteiger partial charge in [-0.15, -0.1) is 0 Å². The second kappa shape index (κ2) is 9.35. The highest BCUT2D eigenvalue weighted by molar-refractivity contribution is 6.32. The van der Waals surface area contributed by atoms with Crippen molar-refractivity contribution >= 4 is 22.5 Å². The van der Waals surface area contributed by atoms with E-state index in [1.165, 1.54) is 12.8 Å². The number of aromatic nitrogens is 3. The zero-order chi connectivity index (χ0) is 20.1. The Labute approximate surface area is 173 Å². The van der Waals surface area contributed by atoms with Gasteiger partial charge in [0, 0.05) is 12.7 Å². The average molecular weight is 414 g/mol. The first-order valence-corrected chi connectivity index (χ1v) is 10.2. The van der Waals surface area contributed by atoms with Crippen LogP contribution in [0.5, 0.6) is 5.75 Å². The molecule has 1 saturated heterocycles. The minimum absolute atomic E-state index is 0.117. The van der Waals surface area contributed by atoms with E-state index in [1.807, 2.05) is 12.1 Å². The van der Waals surface area contributed by atoms with Crippen LogP contribution >= 0.6 is 11.6 Å². The fraction of sp³-hybridized carbons (Fsp3) is 0.381. The molecule has 0 saturated carbocycles. The third-order valence-electron chi connectivity index (χ3n) is 5.13. The summed E-state index contributed by atoms with van der Waals surface area (Å²) in [6.45, 7) is 3.77. The first kappa shape index (κ1) is 19.8.